The molecule has 0 spiro atoms. The van der Waals surface area contributed by atoms with E-state index < -0.39 is 34.3 Å². The van der Waals surface area contributed by atoms with E-state index in [1.54, 1.807) is 10.7 Å². The summed E-state index contributed by atoms with van der Waals surface area (Å²) >= 11 is 0. The lowest BCUT2D eigenvalue weighted by molar-refractivity contribution is -0.139. The van der Waals surface area contributed by atoms with Crippen LogP contribution in [-0.2, 0) is 11.0 Å². The molecular formula is C23H25F3N2O3S. The van der Waals surface area contributed by atoms with Crippen molar-refractivity contribution in [1.82, 2.24) is 9.78 Å². The number of carbonyl (C=O) groups is 1. The Morgan fingerprint density at radius 3 is 2.34 bits per heavy atom. The number of carboxylic acids is 1. The fourth-order valence-electron chi connectivity index (χ4n) is 3.47. The maximum Gasteiger partial charge on any atom is 0.416 e. The van der Waals surface area contributed by atoms with Gasteiger partial charge in [-0.15, -0.1) is 0 Å². The van der Waals surface area contributed by atoms with Crippen LogP contribution in [0.4, 0.5) is 13.2 Å². The average Bonchev–Trinajstić information content (AvgIpc) is 3.13. The molecule has 1 unspecified atom stereocenters. The molecule has 1 heterocycles. The molecule has 0 aliphatic heterocycles. The lowest BCUT2D eigenvalue weighted by Crippen LogP contribution is -2.10. The summed E-state index contributed by atoms with van der Waals surface area (Å²) < 4.78 is 45.6. The van der Waals surface area contributed by atoms with Crippen molar-refractivity contribution in [3.05, 3.63) is 65.5 Å². The van der Waals surface area contributed by atoms with Crippen molar-refractivity contribution in [1.29, 1.82) is 0 Å². The van der Waals surface area contributed by atoms with Crippen LogP contribution in [0.3, 0.4) is 0 Å². The lowest BCUT2D eigenvalue weighted by Gasteiger charge is -2.35. The van der Waals surface area contributed by atoms with Crippen molar-refractivity contribution >= 4 is 16.0 Å². The van der Waals surface area contributed by atoms with Crippen LogP contribution in [0.5, 0.6) is 5.75 Å². The third-order valence-corrected chi connectivity index (χ3v) is 9.21. The molecule has 0 aliphatic carbocycles. The number of aromatic nitrogens is 2. The molecule has 1 atom stereocenters. The Labute approximate surface area is 186 Å². The third kappa shape index (κ3) is 4.77. The minimum Gasteiger partial charge on any atom is -0.482 e. The monoisotopic (exact) mass is 466 g/mol. The first-order valence-corrected chi connectivity index (χ1v) is 12.1. The lowest BCUT2D eigenvalue weighted by atomic mass is 10.2. The first-order chi connectivity index (χ1) is 15.0. The summed E-state index contributed by atoms with van der Waals surface area (Å²) in [5.74, 6) is 0.316. The highest BCUT2D eigenvalue weighted by Gasteiger charge is 2.30. The highest BCUT2D eigenvalue weighted by molar-refractivity contribution is 8.33. The van der Waals surface area contributed by atoms with Gasteiger partial charge in [-0.25, -0.2) is 9.48 Å². The number of nitrogens with zero attached hydrogens (tertiary/aromatic N) is 2. The van der Waals surface area contributed by atoms with Gasteiger partial charge in [-0.3, -0.25) is 0 Å². The summed E-state index contributed by atoms with van der Waals surface area (Å²) in [6, 6.07) is 10.7. The number of carboxylic acid groups (broad SMARTS) is 1. The molecule has 0 amide bonds. The smallest absolute Gasteiger partial charge is 0.416 e. The molecule has 3 rings (SSSR count). The van der Waals surface area contributed by atoms with E-state index in [0.29, 0.717) is 11.4 Å². The van der Waals surface area contributed by atoms with Crippen molar-refractivity contribution in [2.24, 2.45) is 0 Å². The SMILES string of the molecule is CCS(C)(c1ccc(OCC(=O)O)c(C)c1)c1cn(-c2ccc(C(F)(F)F)cc2)nc1C. The zero-order valence-electron chi connectivity index (χ0n) is 18.2. The topological polar surface area (TPSA) is 64.3 Å². The fourth-order valence-corrected chi connectivity index (χ4v) is 6.20. The van der Waals surface area contributed by atoms with Gasteiger partial charge in [0.1, 0.15) is 5.75 Å². The number of alkyl halides is 3. The van der Waals surface area contributed by atoms with E-state index in [1.165, 1.54) is 12.1 Å². The molecular weight excluding hydrogens is 441 g/mol. The molecule has 1 N–H and O–H groups in total. The van der Waals surface area contributed by atoms with Crippen LogP contribution in [-0.4, -0.2) is 39.5 Å². The Bertz CT molecular complexity index is 1130. The molecule has 5 nitrogen and oxygen atoms in total. The molecule has 172 valence electrons. The number of aryl methyl sites for hydroxylation is 2. The van der Waals surface area contributed by atoms with Crippen LogP contribution in [0, 0.1) is 13.8 Å². The summed E-state index contributed by atoms with van der Waals surface area (Å²) in [6.07, 6.45) is -0.325. The van der Waals surface area contributed by atoms with Crippen molar-refractivity contribution in [3.8, 4) is 11.4 Å². The Kier molecular flexibility index (Phi) is 6.59. The quantitative estimate of drug-likeness (QED) is 0.475. The van der Waals surface area contributed by atoms with Gasteiger partial charge in [0.15, 0.2) is 6.61 Å². The number of aliphatic carboxylic acids is 1. The van der Waals surface area contributed by atoms with Gasteiger partial charge in [0.05, 0.1) is 16.9 Å². The number of rotatable bonds is 7. The van der Waals surface area contributed by atoms with Crippen LogP contribution in [0.15, 0.2) is 58.5 Å². The Balaban J connectivity index is 1.96. The summed E-state index contributed by atoms with van der Waals surface area (Å²) in [6.45, 7) is 5.45. The van der Waals surface area contributed by atoms with Crippen LogP contribution in [0.1, 0.15) is 23.7 Å². The number of ether oxygens (including phenoxy) is 1. The van der Waals surface area contributed by atoms with Gasteiger partial charge in [0.2, 0.25) is 0 Å². The predicted octanol–water partition coefficient (Wildman–Crippen LogP) is 5.84. The highest BCUT2D eigenvalue weighted by atomic mass is 32.3. The zero-order valence-corrected chi connectivity index (χ0v) is 19.0. The predicted molar refractivity (Wildman–Crippen MR) is 118 cm³/mol. The summed E-state index contributed by atoms with van der Waals surface area (Å²) in [5.41, 5.74) is 1.51. The summed E-state index contributed by atoms with van der Waals surface area (Å²) in [5, 5.41) is 13.4. The molecule has 0 radical (unpaired) electrons. The van der Waals surface area contributed by atoms with E-state index in [0.717, 1.165) is 38.9 Å². The minimum atomic E-state index is -4.38. The molecule has 3 aromatic rings. The van der Waals surface area contributed by atoms with Gasteiger partial charge in [-0.05, 0) is 78.8 Å². The van der Waals surface area contributed by atoms with Gasteiger partial charge >= 0.3 is 12.1 Å². The number of benzene rings is 2. The molecule has 2 aromatic carbocycles. The first-order valence-electron chi connectivity index (χ1n) is 9.91. The van der Waals surface area contributed by atoms with E-state index in [-0.39, 0.29) is 0 Å². The Hall–Kier alpha value is -2.94. The number of halogens is 3. The van der Waals surface area contributed by atoms with Crippen molar-refractivity contribution in [2.75, 3.05) is 18.6 Å². The highest BCUT2D eigenvalue weighted by Crippen LogP contribution is 2.60. The largest absolute Gasteiger partial charge is 0.482 e. The van der Waals surface area contributed by atoms with E-state index in [1.807, 2.05) is 32.2 Å². The minimum absolute atomic E-state index is 0.406. The summed E-state index contributed by atoms with van der Waals surface area (Å²) in [4.78, 5) is 12.9. The van der Waals surface area contributed by atoms with Crippen LogP contribution < -0.4 is 4.74 Å². The molecule has 0 fully saturated rings. The molecule has 0 saturated heterocycles. The molecule has 0 bridgehead atoms. The number of hydrogen-bond donors (Lipinski definition) is 1. The maximum atomic E-state index is 12.9. The van der Waals surface area contributed by atoms with Crippen LogP contribution >= 0.6 is 10.0 Å². The van der Waals surface area contributed by atoms with E-state index in [9.17, 15) is 18.0 Å². The molecule has 1 aromatic heterocycles. The zero-order chi connectivity index (χ0) is 23.7. The van der Waals surface area contributed by atoms with E-state index >= 15 is 0 Å². The molecule has 32 heavy (non-hydrogen) atoms. The van der Waals surface area contributed by atoms with Crippen molar-refractivity contribution < 1.29 is 27.8 Å². The molecule has 0 aliphatic rings. The Morgan fingerprint density at radius 2 is 1.81 bits per heavy atom. The van der Waals surface area contributed by atoms with Gasteiger partial charge < -0.3 is 9.84 Å². The van der Waals surface area contributed by atoms with Crippen molar-refractivity contribution in [2.45, 2.75) is 36.7 Å². The second-order valence-electron chi connectivity index (χ2n) is 7.55. The van der Waals surface area contributed by atoms with Crippen molar-refractivity contribution in [3.63, 3.8) is 0 Å². The maximum absolute atomic E-state index is 12.9. The second kappa shape index (κ2) is 8.90. The van der Waals surface area contributed by atoms with Crippen LogP contribution in [0.25, 0.3) is 5.69 Å². The fraction of sp³-hybridized carbons (Fsp3) is 0.304. The van der Waals surface area contributed by atoms with E-state index in [4.69, 9.17) is 9.84 Å². The van der Waals surface area contributed by atoms with Gasteiger partial charge in [0, 0.05) is 11.1 Å². The van der Waals surface area contributed by atoms with Gasteiger partial charge in [-0.2, -0.15) is 28.3 Å². The Morgan fingerprint density at radius 1 is 1.16 bits per heavy atom. The molecule has 0 saturated carbocycles. The first kappa shape index (κ1) is 23.7. The summed E-state index contributed by atoms with van der Waals surface area (Å²) in [7, 11) is -1.49. The third-order valence-electron chi connectivity index (χ3n) is 5.39. The van der Waals surface area contributed by atoms with Gasteiger partial charge in [-0.1, -0.05) is 6.92 Å². The number of hydrogen-bond acceptors (Lipinski definition) is 3. The van der Waals surface area contributed by atoms with Gasteiger partial charge in [0.25, 0.3) is 0 Å². The van der Waals surface area contributed by atoms with Crippen LogP contribution in [0.2, 0.25) is 0 Å². The second-order valence-corrected chi connectivity index (χ2v) is 11.2. The molecule has 9 heteroatoms. The van der Waals surface area contributed by atoms with E-state index in [2.05, 4.69) is 18.3 Å². The standard InChI is InChI=1S/C23H25F3N2O3S/c1-5-32(4,19-10-11-20(15(2)12-19)31-14-22(29)30)21-13-28(27-16(21)3)18-8-6-17(7-9-18)23(24,25)26/h6-13H,5,14H2,1-4H3,(H,29,30). The normalized spacial score (nSPS) is 14.6. The average molecular weight is 467 g/mol.